The molecule has 0 aromatic heterocycles. The van der Waals surface area contributed by atoms with Crippen molar-refractivity contribution in [2.24, 2.45) is 0 Å². The molecule has 1 fully saturated rings. The highest BCUT2D eigenvalue weighted by molar-refractivity contribution is 5.46. The monoisotopic (exact) mass is 190 g/mol. The number of anilines is 1. The fraction of sp³-hybridized carbons (Fsp3) is 0.500. The molecular formula is C12H16NO. The lowest BCUT2D eigenvalue weighted by molar-refractivity contribution is 0.282. The maximum Gasteiger partial charge on any atom is 0.0682 e. The van der Waals surface area contributed by atoms with Gasteiger partial charge in [-0.3, -0.25) is 0 Å². The average Bonchev–Trinajstić information content (AvgIpc) is 2.30. The van der Waals surface area contributed by atoms with E-state index in [2.05, 4.69) is 17.0 Å². The van der Waals surface area contributed by atoms with Gasteiger partial charge in [0.25, 0.3) is 0 Å². The minimum atomic E-state index is 0.108. The Morgan fingerprint density at radius 3 is 2.57 bits per heavy atom. The molecule has 0 saturated carbocycles. The quantitative estimate of drug-likeness (QED) is 0.770. The van der Waals surface area contributed by atoms with E-state index in [9.17, 15) is 0 Å². The number of aliphatic hydroxyl groups excluding tert-OH is 1. The Labute approximate surface area is 85.2 Å². The molecule has 2 heteroatoms. The van der Waals surface area contributed by atoms with Gasteiger partial charge in [-0.25, -0.2) is 0 Å². The van der Waals surface area contributed by atoms with Crippen LogP contribution in [0, 0.1) is 6.07 Å². The minimum absolute atomic E-state index is 0.108. The summed E-state index contributed by atoms with van der Waals surface area (Å²) in [6, 6.07) is 9.13. The maximum atomic E-state index is 8.91. The zero-order chi connectivity index (χ0) is 9.80. The van der Waals surface area contributed by atoms with Crippen LogP contribution >= 0.6 is 0 Å². The molecule has 14 heavy (non-hydrogen) atoms. The van der Waals surface area contributed by atoms with Crippen molar-refractivity contribution >= 4 is 5.69 Å². The summed E-state index contributed by atoms with van der Waals surface area (Å²) in [6.07, 6.45) is 3.93. The fourth-order valence-electron chi connectivity index (χ4n) is 1.88. The molecule has 1 aromatic carbocycles. The predicted octanol–water partition coefficient (Wildman–Crippen LogP) is 1.97. The van der Waals surface area contributed by atoms with Gasteiger partial charge in [-0.05, 0) is 37.0 Å². The normalized spacial score (nSPS) is 17.1. The van der Waals surface area contributed by atoms with Gasteiger partial charge in [-0.15, -0.1) is 0 Å². The molecule has 2 rings (SSSR count). The van der Waals surface area contributed by atoms with E-state index >= 15 is 0 Å². The second-order valence-corrected chi connectivity index (χ2v) is 3.79. The zero-order valence-electron chi connectivity index (χ0n) is 8.37. The predicted molar refractivity (Wildman–Crippen MR) is 57.3 cm³/mol. The van der Waals surface area contributed by atoms with Crippen molar-refractivity contribution in [3.63, 3.8) is 0 Å². The van der Waals surface area contributed by atoms with Crippen LogP contribution in [0.3, 0.4) is 0 Å². The van der Waals surface area contributed by atoms with Crippen LogP contribution in [0.25, 0.3) is 0 Å². The van der Waals surface area contributed by atoms with Crippen molar-refractivity contribution < 1.29 is 5.11 Å². The highest BCUT2D eigenvalue weighted by Crippen LogP contribution is 2.19. The molecule has 0 bridgehead atoms. The van der Waals surface area contributed by atoms with Crippen LogP contribution in [-0.4, -0.2) is 18.2 Å². The summed E-state index contributed by atoms with van der Waals surface area (Å²) in [5, 5.41) is 8.91. The highest BCUT2D eigenvalue weighted by Gasteiger charge is 2.10. The van der Waals surface area contributed by atoms with E-state index in [1.165, 1.54) is 24.9 Å². The van der Waals surface area contributed by atoms with Crippen molar-refractivity contribution in [3.05, 3.63) is 29.8 Å². The molecule has 0 amide bonds. The number of benzene rings is 1. The van der Waals surface area contributed by atoms with Crippen LogP contribution in [0.4, 0.5) is 5.69 Å². The van der Waals surface area contributed by atoms with Crippen LogP contribution in [0.2, 0.25) is 0 Å². The van der Waals surface area contributed by atoms with Crippen molar-refractivity contribution in [3.8, 4) is 0 Å². The average molecular weight is 190 g/mol. The smallest absolute Gasteiger partial charge is 0.0682 e. The number of aliphatic hydroxyl groups is 1. The van der Waals surface area contributed by atoms with E-state index in [4.69, 9.17) is 5.11 Å². The third-order valence-electron chi connectivity index (χ3n) is 2.74. The molecule has 1 radical (unpaired) electrons. The third kappa shape index (κ3) is 2.07. The number of hydrogen-bond acceptors (Lipinski definition) is 2. The summed E-state index contributed by atoms with van der Waals surface area (Å²) in [7, 11) is 0. The second-order valence-electron chi connectivity index (χ2n) is 3.79. The van der Waals surface area contributed by atoms with Gasteiger partial charge in [0.15, 0.2) is 0 Å². The van der Waals surface area contributed by atoms with E-state index in [0.717, 1.165) is 18.7 Å². The highest BCUT2D eigenvalue weighted by atomic mass is 16.3. The molecule has 1 N–H and O–H groups in total. The van der Waals surface area contributed by atoms with Gasteiger partial charge < -0.3 is 10.0 Å². The molecule has 0 unspecified atom stereocenters. The van der Waals surface area contributed by atoms with Crippen molar-refractivity contribution in [1.82, 2.24) is 0 Å². The Bertz CT molecular complexity index is 275. The van der Waals surface area contributed by atoms with Gasteiger partial charge in [0.1, 0.15) is 0 Å². The molecule has 2 nitrogen and oxygen atoms in total. The Balaban J connectivity index is 2.07. The van der Waals surface area contributed by atoms with Gasteiger partial charge in [-0.1, -0.05) is 6.07 Å². The summed E-state index contributed by atoms with van der Waals surface area (Å²) >= 11 is 0. The topological polar surface area (TPSA) is 23.5 Å². The molecule has 75 valence electrons. The van der Waals surface area contributed by atoms with E-state index in [-0.39, 0.29) is 6.61 Å². The summed E-state index contributed by atoms with van der Waals surface area (Å²) in [4.78, 5) is 2.37. The van der Waals surface area contributed by atoms with Gasteiger partial charge >= 0.3 is 0 Å². The third-order valence-corrected chi connectivity index (χ3v) is 2.74. The first kappa shape index (κ1) is 9.53. The molecule has 1 heterocycles. The molecule has 1 aromatic rings. The Morgan fingerprint density at radius 2 is 2.00 bits per heavy atom. The Morgan fingerprint density at radius 1 is 1.21 bits per heavy atom. The first-order valence-electron chi connectivity index (χ1n) is 5.26. The van der Waals surface area contributed by atoms with E-state index in [1.807, 2.05) is 12.1 Å². The van der Waals surface area contributed by atoms with Crippen molar-refractivity contribution in [2.75, 3.05) is 18.0 Å². The molecule has 0 aliphatic carbocycles. The SMILES string of the molecule is OCc1c[c]c(N2CCCCC2)cc1. The van der Waals surface area contributed by atoms with Gasteiger partial charge in [0, 0.05) is 24.8 Å². The van der Waals surface area contributed by atoms with Gasteiger partial charge in [-0.2, -0.15) is 0 Å². The molecule has 0 atom stereocenters. The lowest BCUT2D eigenvalue weighted by Gasteiger charge is -2.28. The lowest BCUT2D eigenvalue weighted by Crippen LogP contribution is -2.29. The minimum Gasteiger partial charge on any atom is -0.392 e. The standard InChI is InChI=1S/C12H16NO/c14-10-11-4-6-12(7-5-11)13-8-2-1-3-9-13/h4-6,14H,1-3,8-10H2. The second kappa shape index (κ2) is 4.47. The van der Waals surface area contributed by atoms with Crippen LogP contribution < -0.4 is 4.90 Å². The first-order valence-corrected chi connectivity index (χ1v) is 5.26. The van der Waals surface area contributed by atoms with E-state index < -0.39 is 0 Å². The fourth-order valence-corrected chi connectivity index (χ4v) is 1.88. The van der Waals surface area contributed by atoms with Crippen molar-refractivity contribution in [1.29, 1.82) is 0 Å². The van der Waals surface area contributed by atoms with Crippen LogP contribution in [-0.2, 0) is 6.61 Å². The lowest BCUT2D eigenvalue weighted by atomic mass is 10.1. The molecule has 1 saturated heterocycles. The molecule has 1 aliphatic heterocycles. The largest absolute Gasteiger partial charge is 0.392 e. The first-order chi connectivity index (χ1) is 6.90. The maximum absolute atomic E-state index is 8.91. The summed E-state index contributed by atoms with van der Waals surface area (Å²) < 4.78 is 0. The Hall–Kier alpha value is -1.02. The van der Waals surface area contributed by atoms with Crippen LogP contribution in [0.15, 0.2) is 18.2 Å². The van der Waals surface area contributed by atoms with E-state index in [0.29, 0.717) is 0 Å². The molecule has 1 aliphatic rings. The number of hydrogen-bond donors (Lipinski definition) is 1. The number of piperidine rings is 1. The molecule has 0 spiro atoms. The van der Waals surface area contributed by atoms with E-state index in [1.54, 1.807) is 0 Å². The summed E-state index contributed by atoms with van der Waals surface area (Å²) in [5.74, 6) is 0. The molecular weight excluding hydrogens is 174 g/mol. The van der Waals surface area contributed by atoms with Crippen LogP contribution in [0.5, 0.6) is 0 Å². The summed E-state index contributed by atoms with van der Waals surface area (Å²) in [5.41, 5.74) is 2.10. The zero-order valence-corrected chi connectivity index (χ0v) is 8.37. The van der Waals surface area contributed by atoms with Crippen molar-refractivity contribution in [2.45, 2.75) is 25.9 Å². The summed E-state index contributed by atoms with van der Waals surface area (Å²) in [6.45, 7) is 2.40. The number of rotatable bonds is 2. The Kier molecular flexibility index (Phi) is 3.04. The van der Waals surface area contributed by atoms with Crippen LogP contribution in [0.1, 0.15) is 24.8 Å². The number of nitrogens with zero attached hydrogens (tertiary/aromatic N) is 1. The van der Waals surface area contributed by atoms with Gasteiger partial charge in [0.05, 0.1) is 6.61 Å². The van der Waals surface area contributed by atoms with Gasteiger partial charge in [0.2, 0.25) is 0 Å².